The summed E-state index contributed by atoms with van der Waals surface area (Å²) < 4.78 is 0. The zero-order valence-corrected chi connectivity index (χ0v) is 21.0. The Bertz CT molecular complexity index is 1450. The van der Waals surface area contributed by atoms with Crippen molar-refractivity contribution in [2.45, 2.75) is 0 Å². The van der Waals surface area contributed by atoms with E-state index < -0.39 is 0 Å². The van der Waals surface area contributed by atoms with Crippen LogP contribution in [-0.4, -0.2) is 57.8 Å². The molecule has 0 N–H and O–H groups in total. The monoisotopic (exact) mass is 500 g/mol. The average molecular weight is 501 g/mol. The largest absolute Gasteiger partial charge is 0.336 e. The second kappa shape index (κ2) is 11.9. The molecule has 0 atom stereocenters. The van der Waals surface area contributed by atoms with Gasteiger partial charge in [-0.1, -0.05) is 85.0 Å². The van der Waals surface area contributed by atoms with Crippen molar-refractivity contribution in [1.29, 1.82) is 0 Å². The Hall–Kier alpha value is -4.84. The molecule has 0 saturated carbocycles. The molecule has 2 amide bonds. The summed E-state index contributed by atoms with van der Waals surface area (Å²) in [5, 5.41) is 2.16. The van der Waals surface area contributed by atoms with Gasteiger partial charge in [-0.2, -0.15) is 0 Å². The second-order valence-electron chi connectivity index (χ2n) is 8.93. The normalized spacial score (nSPS) is 14.6. The summed E-state index contributed by atoms with van der Waals surface area (Å²) in [6, 6.07) is 19.9. The lowest BCUT2D eigenvalue weighted by Crippen LogP contribution is -2.49. The third-order valence-electron chi connectivity index (χ3n) is 6.48. The number of allylic oxidation sites excluding steroid dienone is 4. The van der Waals surface area contributed by atoms with E-state index in [1.54, 1.807) is 46.5 Å². The molecule has 6 nitrogen and oxygen atoms in total. The summed E-state index contributed by atoms with van der Waals surface area (Å²) in [4.78, 5) is 37.6. The van der Waals surface area contributed by atoms with E-state index in [2.05, 4.69) is 9.97 Å². The maximum atomic E-state index is 12.6. The molecular formula is C32H28N4O2. The van der Waals surface area contributed by atoms with Gasteiger partial charge in [0.05, 0.1) is 11.0 Å². The maximum absolute atomic E-state index is 12.6. The summed E-state index contributed by atoms with van der Waals surface area (Å²) in [5.74, 6) is -0.111. The van der Waals surface area contributed by atoms with Crippen molar-refractivity contribution < 1.29 is 9.59 Å². The number of hydrogen-bond acceptors (Lipinski definition) is 4. The molecule has 0 bridgehead atoms. The van der Waals surface area contributed by atoms with Gasteiger partial charge >= 0.3 is 0 Å². The van der Waals surface area contributed by atoms with Crippen molar-refractivity contribution in [2.75, 3.05) is 26.2 Å². The lowest BCUT2D eigenvalue weighted by atomic mass is 10.1. The number of nitrogens with zero attached hydrogens (tertiary/aromatic N) is 4. The lowest BCUT2D eigenvalue weighted by Gasteiger charge is -2.33. The predicted octanol–water partition coefficient (Wildman–Crippen LogP) is 5.29. The predicted molar refractivity (Wildman–Crippen MR) is 153 cm³/mol. The first-order chi connectivity index (χ1) is 18.7. The van der Waals surface area contributed by atoms with E-state index in [0.29, 0.717) is 26.2 Å². The Kier molecular flexibility index (Phi) is 7.80. The molecule has 6 heteroatoms. The standard InChI is InChI=1S/C32H28N4O2/c37-29(17-3-1-9-25-11-5-13-27-15-7-19-33-31(25)27)35-21-23-36(24-22-35)30(38)18-4-2-10-26-12-6-14-28-16-8-20-34-32(26)28/h1-20H,21-24H2/b9-1+,10-2+,17-3+,18-4+. The lowest BCUT2D eigenvalue weighted by molar-refractivity contribution is -0.134. The second-order valence-corrected chi connectivity index (χ2v) is 8.93. The fourth-order valence-electron chi connectivity index (χ4n) is 4.48. The quantitative estimate of drug-likeness (QED) is 0.266. The number of aromatic nitrogens is 2. The molecule has 0 spiro atoms. The van der Waals surface area contributed by atoms with E-state index in [1.165, 1.54) is 0 Å². The summed E-state index contributed by atoms with van der Waals surface area (Å²) in [6.07, 6.45) is 17.8. The van der Waals surface area contributed by atoms with Gasteiger partial charge in [0.15, 0.2) is 0 Å². The minimum absolute atomic E-state index is 0.0556. The first-order valence-corrected chi connectivity index (χ1v) is 12.6. The maximum Gasteiger partial charge on any atom is 0.246 e. The van der Waals surface area contributed by atoms with Crippen LogP contribution in [-0.2, 0) is 9.59 Å². The van der Waals surface area contributed by atoms with Gasteiger partial charge in [-0.25, -0.2) is 0 Å². The van der Waals surface area contributed by atoms with Crippen LogP contribution in [0.15, 0.2) is 110 Å². The van der Waals surface area contributed by atoms with Gasteiger partial charge in [0.2, 0.25) is 11.8 Å². The fourth-order valence-corrected chi connectivity index (χ4v) is 4.48. The van der Waals surface area contributed by atoms with Crippen molar-refractivity contribution in [3.05, 3.63) is 121 Å². The number of carbonyl (C=O) groups is 2. The van der Waals surface area contributed by atoms with Crippen LogP contribution in [0.4, 0.5) is 0 Å². The minimum atomic E-state index is -0.0556. The first-order valence-electron chi connectivity index (χ1n) is 12.6. The molecular weight excluding hydrogens is 472 g/mol. The van der Waals surface area contributed by atoms with E-state index in [9.17, 15) is 9.59 Å². The van der Waals surface area contributed by atoms with E-state index in [-0.39, 0.29) is 11.8 Å². The molecule has 3 heterocycles. The molecule has 38 heavy (non-hydrogen) atoms. The number of carbonyl (C=O) groups excluding carboxylic acids is 2. The Morgan fingerprint density at radius 1 is 0.579 bits per heavy atom. The van der Waals surface area contributed by atoms with E-state index in [4.69, 9.17) is 0 Å². The zero-order chi connectivity index (χ0) is 26.2. The third kappa shape index (κ3) is 5.93. The average Bonchev–Trinajstić information content (AvgIpc) is 2.97. The number of benzene rings is 2. The summed E-state index contributed by atoms with van der Waals surface area (Å²) in [6.45, 7) is 2.04. The van der Waals surface area contributed by atoms with Gasteiger partial charge in [-0.3, -0.25) is 19.6 Å². The first kappa shape index (κ1) is 24.8. The van der Waals surface area contributed by atoms with Crippen LogP contribution < -0.4 is 0 Å². The molecule has 0 unspecified atom stereocenters. The molecule has 0 aliphatic carbocycles. The summed E-state index contributed by atoms with van der Waals surface area (Å²) >= 11 is 0. The minimum Gasteiger partial charge on any atom is -0.336 e. The summed E-state index contributed by atoms with van der Waals surface area (Å²) in [5.41, 5.74) is 3.87. The fraction of sp³-hybridized carbons (Fsp3) is 0.125. The van der Waals surface area contributed by atoms with Gasteiger partial charge < -0.3 is 9.80 Å². The van der Waals surface area contributed by atoms with Crippen molar-refractivity contribution in [3.63, 3.8) is 0 Å². The highest BCUT2D eigenvalue weighted by molar-refractivity contribution is 5.91. The molecule has 5 rings (SSSR count). The van der Waals surface area contributed by atoms with Crippen molar-refractivity contribution in [3.8, 4) is 0 Å². The van der Waals surface area contributed by atoms with Gasteiger partial charge in [0.25, 0.3) is 0 Å². The Morgan fingerprint density at radius 2 is 1.00 bits per heavy atom. The molecule has 1 fully saturated rings. The Balaban J connectivity index is 1.10. The molecule has 1 aliphatic rings. The number of hydrogen-bond donors (Lipinski definition) is 0. The number of fused-ring (bicyclic) bond motifs is 2. The van der Waals surface area contributed by atoms with Crippen molar-refractivity contribution >= 4 is 45.8 Å². The molecule has 188 valence electrons. The molecule has 1 saturated heterocycles. The number of para-hydroxylation sites is 2. The zero-order valence-electron chi connectivity index (χ0n) is 21.0. The Labute approximate surface area is 221 Å². The van der Waals surface area contributed by atoms with Crippen molar-refractivity contribution in [1.82, 2.24) is 19.8 Å². The van der Waals surface area contributed by atoms with Crippen LogP contribution in [0.5, 0.6) is 0 Å². The molecule has 0 radical (unpaired) electrons. The topological polar surface area (TPSA) is 66.4 Å². The summed E-state index contributed by atoms with van der Waals surface area (Å²) in [7, 11) is 0. The van der Waals surface area contributed by atoms with E-state index >= 15 is 0 Å². The van der Waals surface area contributed by atoms with Crippen LogP contribution in [0.3, 0.4) is 0 Å². The van der Waals surface area contributed by atoms with Crippen molar-refractivity contribution in [2.24, 2.45) is 0 Å². The number of amides is 2. The molecule has 2 aromatic heterocycles. The van der Waals surface area contributed by atoms with E-state index in [1.807, 2.05) is 85.0 Å². The van der Waals surface area contributed by atoms with Gasteiger partial charge in [-0.15, -0.1) is 0 Å². The van der Waals surface area contributed by atoms with Crippen LogP contribution in [0.2, 0.25) is 0 Å². The molecule has 2 aromatic carbocycles. The number of piperazine rings is 1. The highest BCUT2D eigenvalue weighted by Crippen LogP contribution is 2.18. The number of rotatable bonds is 6. The van der Waals surface area contributed by atoms with E-state index in [0.717, 1.165) is 32.9 Å². The van der Waals surface area contributed by atoms with Crippen LogP contribution in [0.1, 0.15) is 11.1 Å². The molecule has 4 aromatic rings. The van der Waals surface area contributed by atoms with Gasteiger partial charge in [-0.05, 0) is 12.1 Å². The van der Waals surface area contributed by atoms with Crippen LogP contribution in [0, 0.1) is 0 Å². The Morgan fingerprint density at radius 3 is 1.45 bits per heavy atom. The smallest absolute Gasteiger partial charge is 0.246 e. The number of pyridine rings is 2. The molecule has 1 aliphatic heterocycles. The highest BCUT2D eigenvalue weighted by Gasteiger charge is 2.21. The van der Waals surface area contributed by atoms with Crippen LogP contribution >= 0.6 is 0 Å². The van der Waals surface area contributed by atoms with Crippen LogP contribution in [0.25, 0.3) is 34.0 Å². The SMILES string of the molecule is O=C(/C=C/C=C/c1cccc2cccnc12)N1CCN(C(=O)/C=C/C=C/c2cccc3cccnc23)CC1. The highest BCUT2D eigenvalue weighted by atomic mass is 16.2. The van der Waals surface area contributed by atoms with Gasteiger partial charge in [0, 0.05) is 72.6 Å². The third-order valence-corrected chi connectivity index (χ3v) is 6.48. The van der Waals surface area contributed by atoms with Gasteiger partial charge in [0.1, 0.15) is 0 Å².